The summed E-state index contributed by atoms with van der Waals surface area (Å²) < 4.78 is 23.1. The molecule has 10 heteroatoms. The molecule has 0 radical (unpaired) electrons. The van der Waals surface area contributed by atoms with E-state index in [2.05, 4.69) is 4.98 Å². The fraction of sp³-hybridized carbons (Fsp3) is 0.167. The number of hydrogen-bond acceptors (Lipinski definition) is 5. The highest BCUT2D eigenvalue weighted by Crippen LogP contribution is 2.27. The molecule has 3 aromatic rings. The summed E-state index contributed by atoms with van der Waals surface area (Å²) in [6.45, 7) is 1.74. The standard InChI is InChI=1S/C18H18N4O5S/c1-11(12-5-3-7-14(9-12)28(19,26)27)21(2)18(23)15-10-13-6-4-8-16(22(24)25)17(13)20-15/h3-11,20H,1-2H3,(H2,19,26,27). The molecule has 0 aliphatic carbocycles. The van der Waals surface area contributed by atoms with Gasteiger partial charge in [0.1, 0.15) is 11.2 Å². The Morgan fingerprint density at radius 2 is 1.89 bits per heavy atom. The van der Waals surface area contributed by atoms with Crippen molar-refractivity contribution in [3.63, 3.8) is 0 Å². The minimum Gasteiger partial charge on any atom is -0.345 e. The molecule has 1 heterocycles. The number of aromatic nitrogens is 1. The van der Waals surface area contributed by atoms with Crippen molar-refractivity contribution in [3.05, 3.63) is 69.9 Å². The van der Waals surface area contributed by atoms with Crippen LogP contribution in [0.3, 0.4) is 0 Å². The Morgan fingerprint density at radius 1 is 1.21 bits per heavy atom. The summed E-state index contributed by atoms with van der Waals surface area (Å²) in [4.78, 5) is 27.7. The third kappa shape index (κ3) is 3.59. The van der Waals surface area contributed by atoms with Crippen LogP contribution in [0.2, 0.25) is 0 Å². The normalized spacial score (nSPS) is 12.7. The van der Waals surface area contributed by atoms with Crippen LogP contribution in [-0.4, -0.2) is 36.2 Å². The van der Waals surface area contributed by atoms with Gasteiger partial charge in [-0.2, -0.15) is 0 Å². The van der Waals surface area contributed by atoms with Gasteiger partial charge >= 0.3 is 0 Å². The second kappa shape index (κ2) is 7.06. The molecule has 1 unspecified atom stereocenters. The molecule has 28 heavy (non-hydrogen) atoms. The van der Waals surface area contributed by atoms with Gasteiger partial charge in [-0.15, -0.1) is 0 Å². The maximum absolute atomic E-state index is 12.9. The number of nitrogens with zero attached hydrogens (tertiary/aromatic N) is 2. The number of para-hydroxylation sites is 1. The number of benzene rings is 2. The van der Waals surface area contributed by atoms with E-state index in [-0.39, 0.29) is 27.7 Å². The fourth-order valence-corrected chi connectivity index (χ4v) is 3.52. The van der Waals surface area contributed by atoms with Gasteiger partial charge in [-0.3, -0.25) is 14.9 Å². The molecule has 0 fully saturated rings. The molecule has 0 aliphatic heterocycles. The van der Waals surface area contributed by atoms with Crippen LogP contribution in [0.4, 0.5) is 5.69 Å². The maximum Gasteiger partial charge on any atom is 0.293 e. The number of carbonyl (C=O) groups excluding carboxylic acids is 1. The van der Waals surface area contributed by atoms with Gasteiger partial charge in [0.25, 0.3) is 11.6 Å². The van der Waals surface area contributed by atoms with Crippen LogP contribution in [0.1, 0.15) is 29.0 Å². The lowest BCUT2D eigenvalue weighted by Crippen LogP contribution is -2.30. The first-order chi connectivity index (χ1) is 13.1. The minimum atomic E-state index is -3.86. The number of rotatable bonds is 5. The average molecular weight is 402 g/mol. The van der Waals surface area contributed by atoms with Gasteiger partial charge in [0.05, 0.1) is 15.9 Å². The van der Waals surface area contributed by atoms with Gasteiger partial charge in [0, 0.05) is 18.5 Å². The van der Waals surface area contributed by atoms with E-state index in [0.29, 0.717) is 10.9 Å². The summed E-state index contributed by atoms with van der Waals surface area (Å²) >= 11 is 0. The summed E-state index contributed by atoms with van der Waals surface area (Å²) in [6.07, 6.45) is 0. The van der Waals surface area contributed by atoms with Crippen molar-refractivity contribution in [1.29, 1.82) is 0 Å². The van der Waals surface area contributed by atoms with E-state index in [1.807, 2.05) is 0 Å². The predicted molar refractivity (Wildman–Crippen MR) is 103 cm³/mol. The Kier molecular flexibility index (Phi) is 4.92. The second-order valence-electron chi connectivity index (χ2n) is 6.39. The number of primary sulfonamides is 1. The monoisotopic (exact) mass is 402 g/mol. The Bertz CT molecular complexity index is 1190. The SMILES string of the molecule is CC(c1cccc(S(N)(=O)=O)c1)N(C)C(=O)c1cc2cccc([N+](=O)[O-])c2[nH]1. The van der Waals surface area contributed by atoms with Crippen molar-refractivity contribution >= 4 is 32.5 Å². The molecule has 0 bridgehead atoms. The third-order valence-electron chi connectivity index (χ3n) is 4.63. The molecule has 2 aromatic carbocycles. The number of H-pyrrole nitrogens is 1. The third-order valence-corrected chi connectivity index (χ3v) is 5.54. The largest absolute Gasteiger partial charge is 0.345 e. The molecule has 1 amide bonds. The zero-order chi connectivity index (χ0) is 20.6. The molecule has 1 aromatic heterocycles. The van der Waals surface area contributed by atoms with Gasteiger partial charge in [0.2, 0.25) is 10.0 Å². The second-order valence-corrected chi connectivity index (χ2v) is 7.95. The number of aromatic amines is 1. The van der Waals surface area contributed by atoms with Gasteiger partial charge in [-0.05, 0) is 30.7 Å². The first-order valence-corrected chi connectivity index (χ1v) is 9.80. The zero-order valence-electron chi connectivity index (χ0n) is 15.1. The summed E-state index contributed by atoms with van der Waals surface area (Å²) in [5.41, 5.74) is 0.937. The Labute approximate surface area is 161 Å². The van der Waals surface area contributed by atoms with Crippen LogP contribution in [0.25, 0.3) is 10.9 Å². The van der Waals surface area contributed by atoms with Crippen LogP contribution >= 0.6 is 0 Å². The molecule has 0 aliphatic rings. The number of sulfonamides is 1. The number of nitrogens with two attached hydrogens (primary N) is 1. The van der Waals surface area contributed by atoms with Crippen LogP contribution in [0.15, 0.2) is 53.4 Å². The predicted octanol–water partition coefficient (Wildman–Crippen LogP) is 2.56. The van der Waals surface area contributed by atoms with Gasteiger partial charge in [0.15, 0.2) is 0 Å². The quantitative estimate of drug-likeness (QED) is 0.499. The number of carbonyl (C=O) groups is 1. The lowest BCUT2D eigenvalue weighted by atomic mass is 10.1. The lowest BCUT2D eigenvalue weighted by Gasteiger charge is -2.25. The van der Waals surface area contributed by atoms with Crippen molar-refractivity contribution in [2.75, 3.05) is 7.05 Å². The number of nitro benzene ring substituents is 1. The summed E-state index contributed by atoms with van der Waals surface area (Å²) in [7, 11) is -2.29. The van der Waals surface area contributed by atoms with E-state index < -0.39 is 21.0 Å². The van der Waals surface area contributed by atoms with Crippen molar-refractivity contribution in [2.45, 2.75) is 17.9 Å². The molecule has 1 atom stereocenters. The van der Waals surface area contributed by atoms with E-state index in [4.69, 9.17) is 5.14 Å². The maximum atomic E-state index is 12.9. The number of amides is 1. The number of fused-ring (bicyclic) bond motifs is 1. The Balaban J connectivity index is 1.94. The van der Waals surface area contributed by atoms with Crippen molar-refractivity contribution in [1.82, 2.24) is 9.88 Å². The Morgan fingerprint density at radius 3 is 2.54 bits per heavy atom. The zero-order valence-corrected chi connectivity index (χ0v) is 15.9. The Hall–Kier alpha value is -3.24. The highest BCUT2D eigenvalue weighted by molar-refractivity contribution is 7.89. The average Bonchev–Trinajstić information content (AvgIpc) is 3.09. The van der Waals surface area contributed by atoms with E-state index in [1.165, 1.54) is 23.1 Å². The van der Waals surface area contributed by atoms with E-state index in [9.17, 15) is 23.3 Å². The van der Waals surface area contributed by atoms with Gasteiger partial charge in [-0.25, -0.2) is 13.6 Å². The van der Waals surface area contributed by atoms with Crippen LogP contribution < -0.4 is 5.14 Å². The molecule has 0 saturated heterocycles. The summed E-state index contributed by atoms with van der Waals surface area (Å²) in [5.74, 6) is -0.390. The number of hydrogen-bond donors (Lipinski definition) is 2. The fourth-order valence-electron chi connectivity index (χ4n) is 2.95. The van der Waals surface area contributed by atoms with Crippen LogP contribution in [-0.2, 0) is 10.0 Å². The smallest absolute Gasteiger partial charge is 0.293 e. The van der Waals surface area contributed by atoms with Crippen LogP contribution in [0.5, 0.6) is 0 Å². The molecule has 0 spiro atoms. The van der Waals surface area contributed by atoms with Crippen molar-refractivity contribution < 1.29 is 18.1 Å². The first kappa shape index (κ1) is 19.5. The highest BCUT2D eigenvalue weighted by atomic mass is 32.2. The number of nitro groups is 1. The van der Waals surface area contributed by atoms with Gasteiger partial charge in [-0.1, -0.05) is 24.3 Å². The molecule has 9 nitrogen and oxygen atoms in total. The molecule has 0 saturated carbocycles. The molecule has 3 N–H and O–H groups in total. The first-order valence-electron chi connectivity index (χ1n) is 8.25. The topological polar surface area (TPSA) is 139 Å². The minimum absolute atomic E-state index is 0.0427. The highest BCUT2D eigenvalue weighted by Gasteiger charge is 2.23. The van der Waals surface area contributed by atoms with Crippen LogP contribution in [0, 0.1) is 10.1 Å². The number of nitrogens with one attached hydrogen (secondary N) is 1. The summed E-state index contributed by atoms with van der Waals surface area (Å²) in [6, 6.07) is 11.7. The van der Waals surface area contributed by atoms with E-state index >= 15 is 0 Å². The number of non-ortho nitro benzene ring substituents is 1. The van der Waals surface area contributed by atoms with Crippen molar-refractivity contribution in [2.24, 2.45) is 5.14 Å². The molecular formula is C18H18N4O5S. The van der Waals surface area contributed by atoms with E-state index in [0.717, 1.165) is 0 Å². The molecule has 146 valence electrons. The lowest BCUT2D eigenvalue weighted by molar-refractivity contribution is -0.383. The van der Waals surface area contributed by atoms with Gasteiger partial charge < -0.3 is 9.88 Å². The molecular weight excluding hydrogens is 384 g/mol. The van der Waals surface area contributed by atoms with Crippen molar-refractivity contribution in [3.8, 4) is 0 Å². The molecule has 3 rings (SSSR count). The summed E-state index contributed by atoms with van der Waals surface area (Å²) in [5, 5.41) is 16.9. The van der Waals surface area contributed by atoms with E-state index in [1.54, 1.807) is 44.3 Å².